The van der Waals surface area contributed by atoms with E-state index in [1.807, 2.05) is 36.7 Å². The first-order chi connectivity index (χ1) is 14.7. The number of anilines is 1. The Morgan fingerprint density at radius 3 is 2.35 bits per heavy atom. The molecule has 0 unspecified atom stereocenters. The second-order valence-corrected chi connectivity index (χ2v) is 7.30. The Morgan fingerprint density at radius 1 is 1.03 bits per heavy atom. The molecule has 0 fully saturated rings. The number of nitrogens with one attached hydrogen (secondary N) is 1. The van der Waals surface area contributed by atoms with Crippen LogP contribution in [0.2, 0.25) is 5.02 Å². The van der Waals surface area contributed by atoms with Crippen molar-refractivity contribution in [2.45, 2.75) is 20.4 Å². The van der Waals surface area contributed by atoms with Crippen molar-refractivity contribution in [2.75, 3.05) is 5.43 Å². The first-order valence-electron chi connectivity index (χ1n) is 9.22. The molecule has 3 rings (SSSR count). The molecule has 0 radical (unpaired) electrons. The van der Waals surface area contributed by atoms with Gasteiger partial charge in [-0.05, 0) is 30.7 Å². The molecule has 1 N–H and O–H groups in total. The molecule has 158 valence electrons. The molecule has 3 aromatic rings. The molecule has 10 heteroatoms. The lowest BCUT2D eigenvalue weighted by Crippen LogP contribution is -2.41. The summed E-state index contributed by atoms with van der Waals surface area (Å²) < 4.78 is 1.99. The van der Waals surface area contributed by atoms with E-state index in [1.165, 1.54) is 12.1 Å². The molecule has 0 aliphatic rings. The van der Waals surface area contributed by atoms with Crippen LogP contribution in [0.5, 0.6) is 0 Å². The van der Waals surface area contributed by atoms with Crippen LogP contribution in [0.4, 0.5) is 17.1 Å². The normalized spacial score (nSPS) is 11.3. The number of hydrogen-bond acceptors (Lipinski definition) is 6. The zero-order valence-electron chi connectivity index (χ0n) is 16.8. The topological polar surface area (TPSA) is 115 Å². The Labute approximate surface area is 182 Å². The van der Waals surface area contributed by atoms with Crippen molar-refractivity contribution < 1.29 is 14.4 Å². The Hall–Kier alpha value is -3.85. The second kappa shape index (κ2) is 9.31. The molecule has 1 heterocycles. The Kier molecular flexibility index (Phi) is 6.56. The fourth-order valence-corrected chi connectivity index (χ4v) is 3.09. The average Bonchev–Trinajstić information content (AvgIpc) is 2.73. The van der Waals surface area contributed by atoms with E-state index in [4.69, 9.17) is 11.6 Å². The minimum atomic E-state index is -0.689. The van der Waals surface area contributed by atoms with Gasteiger partial charge in [-0.1, -0.05) is 23.7 Å². The van der Waals surface area contributed by atoms with Crippen LogP contribution in [0.1, 0.15) is 16.8 Å². The van der Waals surface area contributed by atoms with Gasteiger partial charge in [-0.3, -0.25) is 25.7 Å². The Bertz CT molecular complexity index is 1180. The summed E-state index contributed by atoms with van der Waals surface area (Å²) in [5.74, 6) is 0. The van der Waals surface area contributed by atoms with E-state index >= 15 is 0 Å². The minimum Gasteiger partial charge on any atom is -0.271 e. The number of benzene rings is 2. The number of non-ortho nitro benzene ring substituents is 1. The maximum atomic E-state index is 11.4. The third-order valence-electron chi connectivity index (χ3n) is 4.60. The first-order valence-corrected chi connectivity index (χ1v) is 9.60. The fourth-order valence-electron chi connectivity index (χ4n) is 2.96. The van der Waals surface area contributed by atoms with Crippen LogP contribution in [0.25, 0.3) is 0 Å². The molecule has 0 aliphatic heterocycles. The van der Waals surface area contributed by atoms with Crippen molar-refractivity contribution >= 4 is 34.4 Å². The summed E-state index contributed by atoms with van der Waals surface area (Å²) in [6, 6.07) is 14.4. The number of aromatic nitrogens is 1. The van der Waals surface area contributed by atoms with Crippen molar-refractivity contribution in [1.29, 1.82) is 0 Å². The van der Waals surface area contributed by atoms with Gasteiger partial charge in [0.15, 0.2) is 18.4 Å². The largest absolute Gasteiger partial charge is 0.301 e. The van der Waals surface area contributed by atoms with E-state index in [9.17, 15) is 20.2 Å². The quantitative estimate of drug-likeness (QED) is 0.250. The summed E-state index contributed by atoms with van der Waals surface area (Å²) in [7, 11) is 0. The Morgan fingerprint density at radius 2 is 1.74 bits per heavy atom. The molecular formula is C21H19ClN5O4+. The highest BCUT2D eigenvalue weighted by molar-refractivity contribution is 6.30. The summed E-state index contributed by atoms with van der Waals surface area (Å²) >= 11 is 6.00. The van der Waals surface area contributed by atoms with Crippen molar-refractivity contribution in [3.8, 4) is 0 Å². The van der Waals surface area contributed by atoms with Crippen LogP contribution >= 0.6 is 11.6 Å². The number of rotatable bonds is 7. The average molecular weight is 441 g/mol. The lowest BCUT2D eigenvalue weighted by atomic mass is 10.1. The van der Waals surface area contributed by atoms with Crippen LogP contribution in [-0.2, 0) is 6.54 Å². The van der Waals surface area contributed by atoms with Gasteiger partial charge < -0.3 is 0 Å². The first kappa shape index (κ1) is 21.8. The van der Waals surface area contributed by atoms with Gasteiger partial charge in [0.2, 0.25) is 0 Å². The number of pyridine rings is 1. The van der Waals surface area contributed by atoms with Crippen LogP contribution in [0.3, 0.4) is 0 Å². The van der Waals surface area contributed by atoms with Gasteiger partial charge >= 0.3 is 5.69 Å². The second-order valence-electron chi connectivity index (χ2n) is 6.87. The molecule has 0 spiro atoms. The van der Waals surface area contributed by atoms with Gasteiger partial charge in [0.1, 0.15) is 11.4 Å². The van der Waals surface area contributed by atoms with Crippen molar-refractivity contribution in [3.63, 3.8) is 0 Å². The molecule has 0 saturated carbocycles. The minimum absolute atomic E-state index is 0.0488. The molecule has 0 saturated heterocycles. The zero-order chi connectivity index (χ0) is 22.5. The van der Waals surface area contributed by atoms with E-state index in [2.05, 4.69) is 10.5 Å². The summed E-state index contributed by atoms with van der Waals surface area (Å²) in [5.41, 5.74) is 5.45. The molecule has 9 nitrogen and oxygen atoms in total. The van der Waals surface area contributed by atoms with E-state index in [0.717, 1.165) is 22.9 Å². The van der Waals surface area contributed by atoms with Gasteiger partial charge in [0.05, 0.1) is 15.9 Å². The van der Waals surface area contributed by atoms with Crippen LogP contribution in [-0.4, -0.2) is 15.6 Å². The molecule has 0 bridgehead atoms. The molecule has 31 heavy (non-hydrogen) atoms. The third-order valence-corrected chi connectivity index (χ3v) is 4.86. The summed E-state index contributed by atoms with van der Waals surface area (Å²) in [4.78, 5) is 21.0. The molecule has 1 aromatic heterocycles. The van der Waals surface area contributed by atoms with Gasteiger partial charge in [0.25, 0.3) is 5.69 Å². The van der Waals surface area contributed by atoms with Gasteiger partial charge in [-0.25, -0.2) is 0 Å². The smallest absolute Gasteiger partial charge is 0.271 e. The highest BCUT2D eigenvalue weighted by Gasteiger charge is 2.20. The number of halogens is 1. The highest BCUT2D eigenvalue weighted by Crippen LogP contribution is 2.29. The van der Waals surface area contributed by atoms with Gasteiger partial charge in [-0.2, -0.15) is 9.67 Å². The summed E-state index contributed by atoms with van der Waals surface area (Å²) in [5, 5.41) is 27.3. The van der Waals surface area contributed by atoms with Crippen molar-refractivity contribution in [1.82, 2.24) is 0 Å². The number of nitro benzene ring substituents is 2. The Balaban J connectivity index is 2.00. The maximum absolute atomic E-state index is 11.4. The highest BCUT2D eigenvalue weighted by atomic mass is 35.5. The molecule has 0 atom stereocenters. The lowest BCUT2D eigenvalue weighted by Gasteiger charge is -2.08. The van der Waals surface area contributed by atoms with E-state index < -0.39 is 15.5 Å². The van der Waals surface area contributed by atoms with Crippen LogP contribution in [0.15, 0.2) is 65.9 Å². The number of nitro groups is 2. The number of aryl methyl sites for hydroxylation is 2. The fraction of sp³-hybridized carbons (Fsp3) is 0.143. The molecular weight excluding hydrogens is 422 g/mol. The number of nitrogens with zero attached hydrogens (tertiary/aromatic N) is 4. The van der Waals surface area contributed by atoms with E-state index in [1.54, 1.807) is 24.3 Å². The number of hydrogen-bond donors (Lipinski definition) is 1. The summed E-state index contributed by atoms with van der Waals surface area (Å²) in [6.07, 6.45) is 1.93. The summed E-state index contributed by atoms with van der Waals surface area (Å²) in [6.45, 7) is 4.36. The molecule has 2 aromatic carbocycles. The monoisotopic (exact) mass is 440 g/mol. The van der Waals surface area contributed by atoms with Gasteiger partial charge in [0, 0.05) is 35.7 Å². The van der Waals surface area contributed by atoms with Crippen LogP contribution in [0, 0.1) is 34.1 Å². The molecule has 0 amide bonds. The standard InChI is InChI=1S/C21H19ClN5O4/c1-14-9-10-25(15(2)11-14)13-20(16-3-5-17(22)6-4-16)24-23-19-8-7-18(26(28)29)12-21(19)27(30)31/h3-12,23H,13H2,1-2H3/q+1. The SMILES string of the molecule is Cc1cc[n+](CC(=NNc2ccc([N+](=O)[O-])cc2[N+](=O)[O-])c2ccc(Cl)cc2)c(C)c1. The van der Waals surface area contributed by atoms with Crippen molar-refractivity contribution in [3.05, 3.63) is 103 Å². The van der Waals surface area contributed by atoms with Crippen molar-refractivity contribution in [2.24, 2.45) is 5.10 Å². The number of hydrazone groups is 1. The van der Waals surface area contributed by atoms with E-state index in [0.29, 0.717) is 17.3 Å². The van der Waals surface area contributed by atoms with Gasteiger partial charge in [-0.15, -0.1) is 0 Å². The zero-order valence-corrected chi connectivity index (χ0v) is 17.5. The predicted octanol–water partition coefficient (Wildman–Crippen LogP) is 4.58. The molecule has 0 aliphatic carbocycles. The van der Waals surface area contributed by atoms with Crippen LogP contribution < -0.4 is 9.99 Å². The predicted molar refractivity (Wildman–Crippen MR) is 117 cm³/mol. The van der Waals surface area contributed by atoms with E-state index in [-0.39, 0.29) is 11.4 Å². The maximum Gasteiger partial charge on any atom is 0.301 e. The third kappa shape index (κ3) is 5.40. The lowest BCUT2D eigenvalue weighted by molar-refractivity contribution is -0.687.